The van der Waals surface area contributed by atoms with Gasteiger partial charge in [0, 0.05) is 25.5 Å². The number of amides is 1. The van der Waals surface area contributed by atoms with Crippen molar-refractivity contribution in [2.24, 2.45) is 5.73 Å². The number of ether oxygens (including phenoxy) is 1. The van der Waals surface area contributed by atoms with Gasteiger partial charge in [-0.05, 0) is 0 Å². The molecule has 2 aromatic heterocycles. The van der Waals surface area contributed by atoms with Crippen molar-refractivity contribution in [2.75, 3.05) is 31.2 Å². The molecule has 0 atom stereocenters. The minimum Gasteiger partial charge on any atom is -0.378 e. The van der Waals surface area contributed by atoms with Gasteiger partial charge in [0.2, 0.25) is 5.91 Å². The zero-order valence-electron chi connectivity index (χ0n) is 10.8. The normalized spacial score (nSPS) is 15.8. The van der Waals surface area contributed by atoms with Crippen LogP contribution in [-0.4, -0.2) is 46.6 Å². The quantitative estimate of drug-likeness (QED) is 0.877. The largest absolute Gasteiger partial charge is 0.378 e. The molecule has 1 fully saturated rings. The second-order valence-corrected chi connectivity index (χ2v) is 4.98. The number of rotatable bonds is 3. The Morgan fingerprint density at radius 1 is 1.35 bits per heavy atom. The summed E-state index contributed by atoms with van der Waals surface area (Å²) in [6.45, 7) is 2.77. The Balaban J connectivity index is 2.05. The summed E-state index contributed by atoms with van der Waals surface area (Å²) < 4.78 is 7.11. The summed E-state index contributed by atoms with van der Waals surface area (Å²) in [4.78, 5) is 21.9. The van der Waals surface area contributed by atoms with E-state index in [0.29, 0.717) is 35.5 Å². The summed E-state index contributed by atoms with van der Waals surface area (Å²) >= 11 is 6.05. The molecule has 8 heteroatoms. The minimum absolute atomic E-state index is 0.0991. The molecule has 1 saturated heterocycles. The van der Waals surface area contributed by atoms with E-state index in [-0.39, 0.29) is 6.42 Å². The Kier molecular flexibility index (Phi) is 3.45. The fourth-order valence-electron chi connectivity index (χ4n) is 2.25. The van der Waals surface area contributed by atoms with Gasteiger partial charge in [-0.2, -0.15) is 0 Å². The summed E-state index contributed by atoms with van der Waals surface area (Å²) in [5.41, 5.74) is 6.48. The van der Waals surface area contributed by atoms with Gasteiger partial charge in [-0.15, -0.1) is 0 Å². The van der Waals surface area contributed by atoms with Crippen LogP contribution in [0.1, 0.15) is 5.69 Å². The number of anilines is 1. The molecule has 2 N–H and O–H groups in total. The van der Waals surface area contributed by atoms with Gasteiger partial charge in [0.1, 0.15) is 5.15 Å². The van der Waals surface area contributed by atoms with Gasteiger partial charge < -0.3 is 19.8 Å². The number of hydrogen-bond donors (Lipinski definition) is 1. The lowest BCUT2D eigenvalue weighted by Gasteiger charge is -2.27. The van der Waals surface area contributed by atoms with Gasteiger partial charge >= 0.3 is 0 Å². The van der Waals surface area contributed by atoms with Crippen LogP contribution in [0.5, 0.6) is 0 Å². The van der Waals surface area contributed by atoms with Crippen LogP contribution in [-0.2, 0) is 16.0 Å². The Morgan fingerprint density at radius 2 is 2.10 bits per heavy atom. The third-order valence-corrected chi connectivity index (χ3v) is 3.29. The third-order valence-electron chi connectivity index (χ3n) is 3.11. The van der Waals surface area contributed by atoms with Gasteiger partial charge in [-0.1, -0.05) is 11.6 Å². The molecule has 1 amide bonds. The Morgan fingerprint density at radius 3 is 2.80 bits per heavy atom. The van der Waals surface area contributed by atoms with Gasteiger partial charge in [0.25, 0.3) is 0 Å². The number of carbonyl (C=O) groups is 1. The fourth-order valence-corrected chi connectivity index (χ4v) is 2.44. The molecule has 0 aromatic carbocycles. The molecule has 1 aliphatic heterocycles. The lowest BCUT2D eigenvalue weighted by molar-refractivity contribution is -0.117. The predicted octanol–water partition coefficient (Wildman–Crippen LogP) is 0.247. The average Bonchev–Trinajstić information content (AvgIpc) is 2.79. The number of carbonyl (C=O) groups excluding carboxylic acids is 1. The van der Waals surface area contributed by atoms with Crippen LogP contribution in [0.15, 0.2) is 12.4 Å². The maximum Gasteiger partial charge on any atom is 0.223 e. The average molecular weight is 296 g/mol. The molecule has 0 radical (unpaired) electrons. The predicted molar refractivity (Wildman–Crippen MR) is 73.9 cm³/mol. The molecule has 0 spiro atoms. The first-order valence-electron chi connectivity index (χ1n) is 6.28. The van der Waals surface area contributed by atoms with Crippen molar-refractivity contribution < 1.29 is 9.53 Å². The Bertz CT molecular complexity index is 651. The molecule has 106 valence electrons. The highest BCUT2D eigenvalue weighted by molar-refractivity contribution is 6.29. The number of morpholine rings is 1. The van der Waals surface area contributed by atoms with Crippen LogP contribution < -0.4 is 10.6 Å². The number of nitrogens with two attached hydrogens (primary N) is 1. The fraction of sp³-hybridized carbons (Fsp3) is 0.417. The van der Waals surface area contributed by atoms with Gasteiger partial charge in [0.15, 0.2) is 11.5 Å². The zero-order valence-corrected chi connectivity index (χ0v) is 11.5. The Labute approximate surface area is 120 Å². The number of nitrogens with zero attached hydrogens (tertiary/aromatic N) is 4. The van der Waals surface area contributed by atoms with E-state index in [4.69, 9.17) is 22.1 Å². The number of imidazole rings is 1. The van der Waals surface area contributed by atoms with Crippen molar-refractivity contribution >= 4 is 29.0 Å². The smallest absolute Gasteiger partial charge is 0.223 e. The molecule has 0 unspecified atom stereocenters. The summed E-state index contributed by atoms with van der Waals surface area (Å²) in [5, 5.41) is 0.377. The van der Waals surface area contributed by atoms with E-state index in [1.165, 1.54) is 0 Å². The van der Waals surface area contributed by atoms with Crippen LogP contribution in [0.25, 0.3) is 5.65 Å². The number of fused-ring (bicyclic) bond motifs is 1. The second kappa shape index (κ2) is 5.26. The van der Waals surface area contributed by atoms with E-state index in [2.05, 4.69) is 14.9 Å². The van der Waals surface area contributed by atoms with E-state index < -0.39 is 5.91 Å². The first-order chi connectivity index (χ1) is 9.63. The van der Waals surface area contributed by atoms with Crippen LogP contribution in [0.4, 0.5) is 5.82 Å². The second-order valence-electron chi connectivity index (χ2n) is 4.59. The standard InChI is InChI=1S/C12H14ClN5O2/c13-9-7-18-6-8(5-10(14)19)15-11(18)12(16-9)17-1-3-20-4-2-17/h6-7H,1-5H2,(H2,14,19). The first-order valence-corrected chi connectivity index (χ1v) is 6.66. The first kappa shape index (κ1) is 13.1. The van der Waals surface area contributed by atoms with Crippen molar-refractivity contribution in [3.63, 3.8) is 0 Å². The Hall–Kier alpha value is -1.86. The molecule has 3 heterocycles. The van der Waals surface area contributed by atoms with Crippen molar-refractivity contribution in [3.8, 4) is 0 Å². The number of aromatic nitrogens is 3. The summed E-state index contributed by atoms with van der Waals surface area (Å²) in [7, 11) is 0. The van der Waals surface area contributed by atoms with Crippen molar-refractivity contribution in [1.82, 2.24) is 14.4 Å². The number of halogens is 1. The van der Waals surface area contributed by atoms with E-state index in [1.807, 2.05) is 0 Å². The summed E-state index contributed by atoms with van der Waals surface area (Å²) in [6, 6.07) is 0. The minimum atomic E-state index is -0.416. The molecule has 0 saturated carbocycles. The molecule has 0 bridgehead atoms. The third kappa shape index (κ3) is 2.54. The van der Waals surface area contributed by atoms with Crippen LogP contribution >= 0.6 is 11.6 Å². The van der Waals surface area contributed by atoms with Crippen LogP contribution in [0.3, 0.4) is 0 Å². The van der Waals surface area contributed by atoms with Gasteiger partial charge in [-0.25, -0.2) is 9.97 Å². The van der Waals surface area contributed by atoms with E-state index in [0.717, 1.165) is 13.1 Å². The topological polar surface area (TPSA) is 85.8 Å². The molecule has 0 aliphatic carbocycles. The summed E-state index contributed by atoms with van der Waals surface area (Å²) in [5.74, 6) is 0.289. The van der Waals surface area contributed by atoms with E-state index >= 15 is 0 Å². The van der Waals surface area contributed by atoms with E-state index in [9.17, 15) is 4.79 Å². The molecule has 2 aromatic rings. The molecular formula is C12H14ClN5O2. The monoisotopic (exact) mass is 295 g/mol. The highest BCUT2D eigenvalue weighted by atomic mass is 35.5. The lowest BCUT2D eigenvalue weighted by Crippen LogP contribution is -2.37. The number of primary amides is 1. The highest BCUT2D eigenvalue weighted by Gasteiger charge is 2.18. The highest BCUT2D eigenvalue weighted by Crippen LogP contribution is 2.22. The molecule has 3 rings (SSSR count). The van der Waals surface area contributed by atoms with Crippen molar-refractivity contribution in [2.45, 2.75) is 6.42 Å². The molecule has 20 heavy (non-hydrogen) atoms. The molecule has 7 nitrogen and oxygen atoms in total. The number of hydrogen-bond acceptors (Lipinski definition) is 5. The van der Waals surface area contributed by atoms with Crippen molar-refractivity contribution in [3.05, 3.63) is 23.2 Å². The zero-order chi connectivity index (χ0) is 14.1. The summed E-state index contributed by atoms with van der Waals surface area (Å²) in [6.07, 6.45) is 3.51. The molecular weight excluding hydrogens is 282 g/mol. The van der Waals surface area contributed by atoms with Crippen LogP contribution in [0.2, 0.25) is 5.15 Å². The van der Waals surface area contributed by atoms with E-state index in [1.54, 1.807) is 16.8 Å². The van der Waals surface area contributed by atoms with Gasteiger partial charge in [0.05, 0.1) is 25.3 Å². The SMILES string of the molecule is NC(=O)Cc1cn2cc(Cl)nc(N3CCOCC3)c2n1. The molecule has 1 aliphatic rings. The maximum atomic E-state index is 11.0. The lowest BCUT2D eigenvalue weighted by atomic mass is 10.3. The van der Waals surface area contributed by atoms with Crippen molar-refractivity contribution in [1.29, 1.82) is 0 Å². The van der Waals surface area contributed by atoms with Crippen LogP contribution in [0, 0.1) is 0 Å². The maximum absolute atomic E-state index is 11.0. The van der Waals surface area contributed by atoms with Gasteiger partial charge in [-0.3, -0.25) is 4.79 Å².